The van der Waals surface area contributed by atoms with Crippen LogP contribution in [0, 0.1) is 23.2 Å². The fourth-order valence-electron chi connectivity index (χ4n) is 5.19. The molecule has 1 aromatic rings. The lowest BCUT2D eigenvalue weighted by Gasteiger charge is -2.56. The van der Waals surface area contributed by atoms with Crippen molar-refractivity contribution >= 4 is 5.95 Å². The van der Waals surface area contributed by atoms with Crippen LogP contribution in [0.15, 0.2) is 17.1 Å². The van der Waals surface area contributed by atoms with Crippen molar-refractivity contribution in [2.24, 2.45) is 23.2 Å². The molecule has 1 heterocycles. The zero-order chi connectivity index (χ0) is 13.7. The summed E-state index contributed by atoms with van der Waals surface area (Å²) in [6.07, 6.45) is 9.76. The molecular formula is C15H21N3O2. The highest BCUT2D eigenvalue weighted by Crippen LogP contribution is 2.59. The highest BCUT2D eigenvalue weighted by molar-refractivity contribution is 5.14. The molecule has 0 saturated heterocycles. The molecule has 0 aromatic carbocycles. The molecule has 5 nitrogen and oxygen atoms in total. The molecule has 0 radical (unpaired) electrons. The van der Waals surface area contributed by atoms with E-state index < -0.39 is 0 Å². The van der Waals surface area contributed by atoms with E-state index in [0.717, 1.165) is 17.8 Å². The van der Waals surface area contributed by atoms with Crippen LogP contribution in [0.4, 0.5) is 5.95 Å². The minimum absolute atomic E-state index is 0.141. The standard InChI is InChI=1S/C15H21N3O2/c16-14-17-13(19)1-2-18(14)20-9-15-6-10-3-11(7-15)5-12(4-10)8-15/h1-2,10-12H,3-9H2,(H2,16,17,19). The number of rotatable bonds is 3. The van der Waals surface area contributed by atoms with Crippen molar-refractivity contribution in [3.8, 4) is 0 Å². The maximum absolute atomic E-state index is 11.1. The van der Waals surface area contributed by atoms with Gasteiger partial charge in [0.25, 0.3) is 5.56 Å². The molecule has 2 N–H and O–H groups in total. The fourth-order valence-corrected chi connectivity index (χ4v) is 5.19. The molecule has 4 fully saturated rings. The van der Waals surface area contributed by atoms with Gasteiger partial charge in [0.1, 0.15) is 6.61 Å². The van der Waals surface area contributed by atoms with Gasteiger partial charge in [-0.3, -0.25) is 4.79 Å². The SMILES string of the molecule is Nc1nc(=O)ccn1OCC12CC3CC(CC(C3)C1)C2. The monoisotopic (exact) mass is 275 g/mol. The molecule has 0 atom stereocenters. The van der Waals surface area contributed by atoms with Gasteiger partial charge < -0.3 is 10.6 Å². The lowest BCUT2D eigenvalue weighted by atomic mass is 9.50. The predicted molar refractivity (Wildman–Crippen MR) is 75.0 cm³/mol. The van der Waals surface area contributed by atoms with Gasteiger partial charge in [-0.25, -0.2) is 0 Å². The Labute approximate surface area is 118 Å². The Kier molecular flexibility index (Phi) is 2.59. The molecule has 108 valence electrons. The molecule has 0 aliphatic heterocycles. The maximum atomic E-state index is 11.1. The second kappa shape index (κ2) is 4.24. The van der Waals surface area contributed by atoms with Crippen LogP contribution in [0.1, 0.15) is 38.5 Å². The zero-order valence-electron chi connectivity index (χ0n) is 11.6. The first-order valence-electron chi connectivity index (χ1n) is 7.60. The van der Waals surface area contributed by atoms with E-state index in [1.54, 1.807) is 6.20 Å². The Morgan fingerprint density at radius 3 is 2.40 bits per heavy atom. The zero-order valence-corrected chi connectivity index (χ0v) is 11.6. The first-order valence-corrected chi connectivity index (χ1v) is 7.60. The Balaban J connectivity index is 1.50. The van der Waals surface area contributed by atoms with E-state index in [1.165, 1.54) is 49.3 Å². The molecular weight excluding hydrogens is 254 g/mol. The summed E-state index contributed by atoms with van der Waals surface area (Å²) in [6, 6.07) is 1.38. The molecule has 0 spiro atoms. The molecule has 5 rings (SSSR count). The first-order chi connectivity index (χ1) is 9.62. The van der Waals surface area contributed by atoms with Crippen LogP contribution < -0.4 is 16.1 Å². The Hall–Kier alpha value is -1.52. The van der Waals surface area contributed by atoms with E-state index in [0.29, 0.717) is 12.0 Å². The minimum Gasteiger partial charge on any atom is -0.410 e. The minimum atomic E-state index is -0.322. The predicted octanol–water partition coefficient (Wildman–Crippen LogP) is 1.47. The van der Waals surface area contributed by atoms with Crippen LogP contribution in [0.25, 0.3) is 0 Å². The molecule has 1 aromatic heterocycles. The number of hydrogen-bond donors (Lipinski definition) is 1. The van der Waals surface area contributed by atoms with Gasteiger partial charge in [-0.05, 0) is 56.3 Å². The van der Waals surface area contributed by atoms with Crippen molar-refractivity contribution < 1.29 is 4.84 Å². The van der Waals surface area contributed by atoms with Gasteiger partial charge >= 0.3 is 0 Å². The Morgan fingerprint density at radius 1 is 1.25 bits per heavy atom. The van der Waals surface area contributed by atoms with Crippen molar-refractivity contribution in [3.63, 3.8) is 0 Å². The Bertz CT molecular complexity index is 545. The summed E-state index contributed by atoms with van der Waals surface area (Å²) in [7, 11) is 0. The lowest BCUT2D eigenvalue weighted by molar-refractivity contribution is -0.0978. The summed E-state index contributed by atoms with van der Waals surface area (Å²) in [4.78, 5) is 20.7. The van der Waals surface area contributed by atoms with Gasteiger partial charge in [-0.2, -0.15) is 9.71 Å². The number of aromatic nitrogens is 2. The molecule has 4 aliphatic carbocycles. The highest BCUT2D eigenvalue weighted by Gasteiger charge is 2.51. The van der Waals surface area contributed by atoms with Crippen molar-refractivity contribution in [1.82, 2.24) is 9.71 Å². The van der Waals surface area contributed by atoms with Crippen LogP contribution >= 0.6 is 0 Å². The summed E-state index contributed by atoms with van der Waals surface area (Å²) in [5.41, 5.74) is 5.74. The van der Waals surface area contributed by atoms with Gasteiger partial charge in [0, 0.05) is 11.5 Å². The largest absolute Gasteiger partial charge is 0.410 e. The molecule has 0 unspecified atom stereocenters. The van der Waals surface area contributed by atoms with E-state index in [4.69, 9.17) is 10.6 Å². The highest BCUT2D eigenvalue weighted by atomic mass is 16.7. The second-order valence-electron chi connectivity index (χ2n) is 7.14. The number of nitrogen functional groups attached to an aromatic ring is 1. The van der Waals surface area contributed by atoms with Gasteiger partial charge in [0.05, 0.1) is 6.20 Å². The summed E-state index contributed by atoms with van der Waals surface area (Å²) >= 11 is 0. The number of hydrogen-bond acceptors (Lipinski definition) is 4. The average Bonchev–Trinajstić information content (AvgIpc) is 2.36. The smallest absolute Gasteiger partial charge is 0.274 e. The third-order valence-corrected chi connectivity index (χ3v) is 5.48. The van der Waals surface area contributed by atoms with E-state index in [2.05, 4.69) is 4.98 Å². The molecule has 0 amide bonds. The topological polar surface area (TPSA) is 70.1 Å². The third kappa shape index (κ3) is 2.00. The molecule has 4 saturated carbocycles. The summed E-state index contributed by atoms with van der Waals surface area (Å²) < 4.78 is 1.44. The second-order valence-corrected chi connectivity index (χ2v) is 7.14. The number of nitrogens with two attached hydrogens (primary N) is 1. The van der Waals surface area contributed by atoms with Crippen molar-refractivity contribution in [3.05, 3.63) is 22.6 Å². The Morgan fingerprint density at radius 2 is 1.85 bits per heavy atom. The number of anilines is 1. The van der Waals surface area contributed by atoms with Crippen molar-refractivity contribution in [1.29, 1.82) is 0 Å². The lowest BCUT2D eigenvalue weighted by Crippen LogP contribution is -2.49. The van der Waals surface area contributed by atoms with Crippen molar-refractivity contribution in [2.75, 3.05) is 12.3 Å². The van der Waals surface area contributed by atoms with Gasteiger partial charge in [-0.15, -0.1) is 0 Å². The molecule has 5 heteroatoms. The van der Waals surface area contributed by atoms with Gasteiger partial charge in [-0.1, -0.05) is 0 Å². The van der Waals surface area contributed by atoms with E-state index in [1.807, 2.05) is 0 Å². The quantitative estimate of drug-likeness (QED) is 0.907. The average molecular weight is 275 g/mol. The maximum Gasteiger partial charge on any atom is 0.274 e. The van der Waals surface area contributed by atoms with Crippen LogP contribution in [0.3, 0.4) is 0 Å². The number of nitrogens with zero attached hydrogens (tertiary/aromatic N) is 2. The molecule has 4 bridgehead atoms. The summed E-state index contributed by atoms with van der Waals surface area (Å²) in [5, 5.41) is 0. The summed E-state index contributed by atoms with van der Waals surface area (Å²) in [5.74, 6) is 2.88. The van der Waals surface area contributed by atoms with E-state index in [9.17, 15) is 4.79 Å². The summed E-state index contributed by atoms with van der Waals surface area (Å²) in [6.45, 7) is 0.700. The normalized spacial score (nSPS) is 38.1. The molecule has 20 heavy (non-hydrogen) atoms. The van der Waals surface area contributed by atoms with Crippen LogP contribution in [-0.2, 0) is 0 Å². The van der Waals surface area contributed by atoms with Crippen molar-refractivity contribution in [2.45, 2.75) is 38.5 Å². The molecule has 4 aliphatic rings. The van der Waals surface area contributed by atoms with Crippen LogP contribution in [0.2, 0.25) is 0 Å². The third-order valence-electron chi connectivity index (χ3n) is 5.48. The fraction of sp³-hybridized carbons (Fsp3) is 0.733. The van der Waals surface area contributed by atoms with E-state index in [-0.39, 0.29) is 11.5 Å². The first kappa shape index (κ1) is 12.2. The van der Waals surface area contributed by atoms with E-state index >= 15 is 0 Å². The van der Waals surface area contributed by atoms with Gasteiger partial charge in [0.15, 0.2) is 0 Å². The van der Waals surface area contributed by atoms with Crippen LogP contribution in [0.5, 0.6) is 0 Å². The van der Waals surface area contributed by atoms with Gasteiger partial charge in [0.2, 0.25) is 5.95 Å². The van der Waals surface area contributed by atoms with Crippen LogP contribution in [-0.4, -0.2) is 16.3 Å².